The Bertz CT molecular complexity index is 903. The number of hydrogen-bond acceptors (Lipinski definition) is 6. The fourth-order valence-corrected chi connectivity index (χ4v) is 2.49. The number of carbonyl (C=O) groups excluding carboxylic acids is 2. The lowest BCUT2D eigenvalue weighted by atomic mass is 10.1. The zero-order valence-electron chi connectivity index (χ0n) is 14.3. The highest BCUT2D eigenvalue weighted by molar-refractivity contribution is 6.14. The molecule has 7 nitrogen and oxygen atoms in total. The minimum atomic E-state index is -0.588. The molecule has 0 saturated heterocycles. The van der Waals surface area contributed by atoms with E-state index in [1.54, 1.807) is 49.6 Å². The van der Waals surface area contributed by atoms with E-state index >= 15 is 0 Å². The van der Waals surface area contributed by atoms with Crippen LogP contribution in [0.25, 0.3) is 6.08 Å². The van der Waals surface area contributed by atoms with Crippen molar-refractivity contribution in [3.63, 3.8) is 0 Å². The van der Waals surface area contributed by atoms with Crippen LogP contribution in [0.3, 0.4) is 0 Å². The average molecular weight is 355 g/mol. The third-order valence-corrected chi connectivity index (χ3v) is 3.75. The summed E-state index contributed by atoms with van der Waals surface area (Å²) < 4.78 is 21.4. The van der Waals surface area contributed by atoms with Crippen molar-refractivity contribution in [2.24, 2.45) is 5.73 Å². The number of ketones is 1. The summed E-state index contributed by atoms with van der Waals surface area (Å²) in [5, 5.41) is 0. The van der Waals surface area contributed by atoms with E-state index in [-0.39, 0.29) is 18.1 Å². The molecule has 1 aliphatic heterocycles. The van der Waals surface area contributed by atoms with Crippen LogP contribution in [0.5, 0.6) is 23.0 Å². The minimum Gasteiger partial charge on any atom is -0.497 e. The van der Waals surface area contributed by atoms with Gasteiger partial charge in [-0.1, -0.05) is 0 Å². The predicted molar refractivity (Wildman–Crippen MR) is 93.6 cm³/mol. The first kappa shape index (κ1) is 17.3. The highest BCUT2D eigenvalue weighted by Crippen LogP contribution is 2.36. The highest BCUT2D eigenvalue weighted by Gasteiger charge is 2.28. The largest absolute Gasteiger partial charge is 0.497 e. The Morgan fingerprint density at radius 2 is 1.88 bits per heavy atom. The van der Waals surface area contributed by atoms with Crippen LogP contribution < -0.4 is 24.7 Å². The van der Waals surface area contributed by atoms with Gasteiger partial charge >= 0.3 is 0 Å². The lowest BCUT2D eigenvalue weighted by molar-refractivity contribution is -0.119. The first-order valence-corrected chi connectivity index (χ1v) is 7.73. The van der Waals surface area contributed by atoms with Gasteiger partial charge in [-0.25, -0.2) is 0 Å². The van der Waals surface area contributed by atoms with Gasteiger partial charge in [0, 0.05) is 17.7 Å². The Morgan fingerprint density at radius 3 is 2.58 bits per heavy atom. The van der Waals surface area contributed by atoms with E-state index in [2.05, 4.69) is 0 Å². The van der Waals surface area contributed by atoms with Gasteiger partial charge in [0.15, 0.2) is 12.4 Å². The number of carbonyl (C=O) groups is 2. The number of rotatable bonds is 6. The fourth-order valence-electron chi connectivity index (χ4n) is 2.49. The molecule has 0 aromatic heterocycles. The molecule has 0 unspecified atom stereocenters. The summed E-state index contributed by atoms with van der Waals surface area (Å²) in [6.45, 7) is -0.252. The molecule has 1 heterocycles. The smallest absolute Gasteiger partial charge is 0.255 e. The molecule has 7 heteroatoms. The zero-order valence-corrected chi connectivity index (χ0v) is 14.3. The average Bonchev–Trinajstić information content (AvgIpc) is 2.95. The van der Waals surface area contributed by atoms with Crippen molar-refractivity contribution in [1.82, 2.24) is 0 Å². The second kappa shape index (κ2) is 7.18. The van der Waals surface area contributed by atoms with Gasteiger partial charge in [-0.3, -0.25) is 9.59 Å². The molecule has 2 aromatic rings. The van der Waals surface area contributed by atoms with Gasteiger partial charge in [0.2, 0.25) is 5.78 Å². The van der Waals surface area contributed by atoms with Crippen molar-refractivity contribution < 1.29 is 28.5 Å². The van der Waals surface area contributed by atoms with Crippen molar-refractivity contribution >= 4 is 17.8 Å². The van der Waals surface area contributed by atoms with Gasteiger partial charge in [-0.2, -0.15) is 0 Å². The minimum absolute atomic E-state index is 0.163. The maximum atomic E-state index is 12.5. The molecule has 0 bridgehead atoms. The molecule has 1 aliphatic rings. The Balaban J connectivity index is 1.87. The van der Waals surface area contributed by atoms with E-state index in [1.807, 2.05) is 0 Å². The van der Waals surface area contributed by atoms with Crippen LogP contribution in [0.4, 0.5) is 0 Å². The predicted octanol–water partition coefficient (Wildman–Crippen LogP) is 2.18. The topological polar surface area (TPSA) is 97.1 Å². The van der Waals surface area contributed by atoms with Crippen LogP contribution >= 0.6 is 0 Å². The van der Waals surface area contributed by atoms with Crippen LogP contribution in [-0.2, 0) is 4.79 Å². The Morgan fingerprint density at radius 1 is 1.12 bits per heavy atom. The Hall–Kier alpha value is -3.48. The summed E-state index contributed by atoms with van der Waals surface area (Å²) in [4.78, 5) is 23.3. The monoisotopic (exact) mass is 355 g/mol. The van der Waals surface area contributed by atoms with E-state index < -0.39 is 5.91 Å². The lowest BCUT2D eigenvalue weighted by Crippen LogP contribution is -2.19. The van der Waals surface area contributed by atoms with Crippen molar-refractivity contribution in [3.8, 4) is 23.0 Å². The number of amides is 1. The first-order valence-electron chi connectivity index (χ1n) is 7.73. The Labute approximate surface area is 149 Å². The summed E-state index contributed by atoms with van der Waals surface area (Å²) in [6.07, 6.45) is 1.60. The summed E-state index contributed by atoms with van der Waals surface area (Å²) >= 11 is 0. The third kappa shape index (κ3) is 3.46. The van der Waals surface area contributed by atoms with Crippen molar-refractivity contribution in [1.29, 1.82) is 0 Å². The molecular formula is C19H17NO6. The maximum Gasteiger partial charge on any atom is 0.255 e. The standard InChI is InChI=1S/C19H17NO6/c1-23-12-4-3-11(15(8-12)24-2)7-17-19(22)14-6-5-13(9-16(14)26-17)25-10-18(20)21/h3-9H,10H2,1-2H3,(H2,20,21)/b17-7-. The van der Waals surface area contributed by atoms with Gasteiger partial charge in [0.1, 0.15) is 23.0 Å². The number of ether oxygens (including phenoxy) is 4. The fraction of sp³-hybridized carbons (Fsp3) is 0.158. The molecule has 26 heavy (non-hydrogen) atoms. The molecule has 3 rings (SSSR count). The quantitative estimate of drug-likeness (QED) is 0.798. The van der Waals surface area contributed by atoms with Crippen LogP contribution in [0.1, 0.15) is 15.9 Å². The summed E-state index contributed by atoms with van der Waals surface area (Å²) in [5.74, 6) is 1.26. The van der Waals surface area contributed by atoms with E-state index in [9.17, 15) is 9.59 Å². The summed E-state index contributed by atoms with van der Waals surface area (Å²) in [6, 6.07) is 9.96. The van der Waals surface area contributed by atoms with E-state index in [0.717, 1.165) is 0 Å². The normalized spacial score (nSPS) is 13.9. The van der Waals surface area contributed by atoms with Gasteiger partial charge in [-0.15, -0.1) is 0 Å². The van der Waals surface area contributed by atoms with Crippen LogP contribution in [0.2, 0.25) is 0 Å². The number of hydrogen-bond donors (Lipinski definition) is 1. The number of primary amides is 1. The van der Waals surface area contributed by atoms with Gasteiger partial charge in [-0.05, 0) is 30.3 Å². The second-order valence-electron chi connectivity index (χ2n) is 5.46. The van der Waals surface area contributed by atoms with Gasteiger partial charge in [0.05, 0.1) is 19.8 Å². The molecular weight excluding hydrogens is 338 g/mol. The van der Waals surface area contributed by atoms with Crippen molar-refractivity contribution in [2.75, 3.05) is 20.8 Å². The number of methoxy groups -OCH3 is 2. The summed E-state index contributed by atoms with van der Waals surface area (Å²) in [7, 11) is 3.09. The molecule has 0 spiro atoms. The SMILES string of the molecule is COc1ccc(/C=C2\Oc3cc(OCC(N)=O)ccc3C2=O)c(OC)c1. The zero-order chi connectivity index (χ0) is 18.7. The van der Waals surface area contributed by atoms with E-state index in [1.165, 1.54) is 7.11 Å². The molecule has 134 valence electrons. The summed E-state index contributed by atoms with van der Waals surface area (Å²) in [5.41, 5.74) is 6.14. The van der Waals surface area contributed by atoms with Crippen LogP contribution in [0.15, 0.2) is 42.2 Å². The Kier molecular flexibility index (Phi) is 4.79. The first-order chi connectivity index (χ1) is 12.5. The number of benzene rings is 2. The number of allylic oxidation sites excluding steroid dienone is 1. The molecule has 2 aromatic carbocycles. The van der Waals surface area contributed by atoms with E-state index in [4.69, 9.17) is 24.7 Å². The van der Waals surface area contributed by atoms with Crippen molar-refractivity contribution in [3.05, 3.63) is 53.3 Å². The molecule has 0 radical (unpaired) electrons. The molecule has 1 amide bonds. The van der Waals surface area contributed by atoms with E-state index in [0.29, 0.717) is 34.1 Å². The van der Waals surface area contributed by atoms with Crippen LogP contribution in [-0.4, -0.2) is 32.5 Å². The molecule has 0 saturated carbocycles. The molecule has 0 fully saturated rings. The molecule has 0 aliphatic carbocycles. The number of nitrogens with two attached hydrogens (primary N) is 1. The van der Waals surface area contributed by atoms with Crippen molar-refractivity contribution in [2.45, 2.75) is 0 Å². The van der Waals surface area contributed by atoms with Crippen LogP contribution in [0, 0.1) is 0 Å². The highest BCUT2D eigenvalue weighted by atomic mass is 16.5. The molecule has 0 atom stereocenters. The number of fused-ring (bicyclic) bond motifs is 1. The van der Waals surface area contributed by atoms with Gasteiger partial charge in [0.25, 0.3) is 5.91 Å². The second-order valence-corrected chi connectivity index (χ2v) is 5.46. The van der Waals surface area contributed by atoms with Gasteiger partial charge < -0.3 is 24.7 Å². The maximum absolute atomic E-state index is 12.5. The molecule has 2 N–H and O–H groups in total. The lowest BCUT2D eigenvalue weighted by Gasteiger charge is -2.08. The number of Topliss-reactive ketones (excluding diaryl/α,β-unsaturated/α-hetero) is 1. The third-order valence-electron chi connectivity index (χ3n) is 3.75.